The maximum atomic E-state index is 11.2. The Morgan fingerprint density at radius 1 is 1.50 bits per heavy atom. The van der Waals surface area contributed by atoms with Crippen molar-refractivity contribution in [3.63, 3.8) is 0 Å². The van der Waals surface area contributed by atoms with Crippen LogP contribution in [0.15, 0.2) is 18.2 Å². The average Bonchev–Trinajstić information content (AvgIpc) is 2.72. The Labute approximate surface area is 105 Å². The molecule has 4 nitrogen and oxygen atoms in total. The summed E-state index contributed by atoms with van der Waals surface area (Å²) in [4.78, 5) is 18.8. The van der Waals surface area contributed by atoms with E-state index in [1.54, 1.807) is 6.07 Å². The van der Waals surface area contributed by atoms with Gasteiger partial charge in [0.05, 0.1) is 11.1 Å². The van der Waals surface area contributed by atoms with Crippen molar-refractivity contribution < 1.29 is 9.90 Å². The summed E-state index contributed by atoms with van der Waals surface area (Å²) in [5.74, 6) is -0.191. The summed E-state index contributed by atoms with van der Waals surface area (Å²) in [6.45, 7) is 5.88. The molecule has 0 radical (unpaired) electrons. The van der Waals surface area contributed by atoms with Crippen LogP contribution >= 0.6 is 0 Å². The predicted octanol–water partition coefficient (Wildman–Crippen LogP) is 3.38. The summed E-state index contributed by atoms with van der Waals surface area (Å²) in [5.41, 5.74) is 3.54. The number of rotatable bonds is 3. The van der Waals surface area contributed by atoms with Gasteiger partial charge in [-0.1, -0.05) is 13.0 Å². The first-order chi connectivity index (χ1) is 8.56. The lowest BCUT2D eigenvalue weighted by atomic mass is 10.1. The van der Waals surface area contributed by atoms with Crippen LogP contribution in [0.2, 0.25) is 0 Å². The van der Waals surface area contributed by atoms with Crippen molar-refractivity contribution in [1.29, 1.82) is 0 Å². The van der Waals surface area contributed by atoms with Crippen LogP contribution in [0, 0.1) is 6.92 Å². The number of hydrogen-bond acceptors (Lipinski definition) is 2. The molecule has 0 fully saturated rings. The number of aromatic nitrogens is 2. The summed E-state index contributed by atoms with van der Waals surface area (Å²) >= 11 is 0. The van der Waals surface area contributed by atoms with Crippen LogP contribution in [0.1, 0.15) is 42.0 Å². The minimum Gasteiger partial charge on any atom is -0.478 e. The van der Waals surface area contributed by atoms with Gasteiger partial charge in [-0.15, -0.1) is 0 Å². The largest absolute Gasteiger partial charge is 0.478 e. The summed E-state index contributed by atoms with van der Waals surface area (Å²) in [6.07, 6.45) is 2.85. The zero-order chi connectivity index (χ0) is 13.3. The van der Waals surface area contributed by atoms with E-state index in [0.717, 1.165) is 28.9 Å². The molecule has 0 bridgehead atoms. The Bertz CT molecular complexity index is 639. The lowest BCUT2D eigenvalue weighted by molar-refractivity contribution is 0.0698. The molecule has 94 valence electrons. The lowest BCUT2D eigenvalue weighted by Gasteiger charge is -1.97. The third-order valence-electron chi connectivity index (χ3n) is 2.99. The number of benzene rings is 1. The van der Waals surface area contributed by atoms with Gasteiger partial charge in [0.15, 0.2) is 0 Å². The molecule has 0 saturated carbocycles. The SMILES string of the molecule is CC=C(CC)c1nc2c(C(=O)O)cc(C)cc2[nH]1. The van der Waals surface area contributed by atoms with Gasteiger partial charge >= 0.3 is 5.97 Å². The van der Waals surface area contributed by atoms with Crippen molar-refractivity contribution >= 4 is 22.6 Å². The quantitative estimate of drug-likeness (QED) is 0.869. The minimum atomic E-state index is -0.944. The number of aromatic carboxylic acids is 1. The Morgan fingerprint density at radius 3 is 2.78 bits per heavy atom. The van der Waals surface area contributed by atoms with Gasteiger partial charge in [0, 0.05) is 0 Å². The highest BCUT2D eigenvalue weighted by molar-refractivity contribution is 6.01. The molecule has 0 saturated heterocycles. The molecule has 2 N–H and O–H groups in total. The average molecular weight is 244 g/mol. The second-order valence-corrected chi connectivity index (χ2v) is 4.27. The fraction of sp³-hybridized carbons (Fsp3) is 0.286. The number of fused-ring (bicyclic) bond motifs is 1. The van der Waals surface area contributed by atoms with Crippen LogP contribution in [0.25, 0.3) is 16.6 Å². The zero-order valence-corrected chi connectivity index (χ0v) is 10.7. The number of carboxylic acids is 1. The van der Waals surface area contributed by atoms with E-state index in [-0.39, 0.29) is 5.56 Å². The van der Waals surface area contributed by atoms with Crippen molar-refractivity contribution in [3.05, 3.63) is 35.2 Å². The Morgan fingerprint density at radius 2 is 2.22 bits per heavy atom. The molecule has 1 heterocycles. The summed E-state index contributed by atoms with van der Waals surface area (Å²) < 4.78 is 0. The number of hydrogen-bond donors (Lipinski definition) is 2. The van der Waals surface area contributed by atoms with E-state index in [9.17, 15) is 9.90 Å². The highest BCUT2D eigenvalue weighted by atomic mass is 16.4. The van der Waals surface area contributed by atoms with Gasteiger partial charge in [0.2, 0.25) is 0 Å². The highest BCUT2D eigenvalue weighted by Crippen LogP contribution is 2.23. The Hall–Kier alpha value is -2.10. The number of allylic oxidation sites excluding steroid dienone is 2. The van der Waals surface area contributed by atoms with E-state index in [0.29, 0.717) is 5.52 Å². The second kappa shape index (κ2) is 4.64. The molecule has 4 heteroatoms. The summed E-state index contributed by atoms with van der Waals surface area (Å²) in [7, 11) is 0. The third kappa shape index (κ3) is 2.01. The maximum Gasteiger partial charge on any atom is 0.337 e. The molecular formula is C14H16N2O2. The number of carboxylic acid groups (broad SMARTS) is 1. The van der Waals surface area contributed by atoms with Gasteiger partial charge < -0.3 is 10.1 Å². The van der Waals surface area contributed by atoms with Crippen LogP contribution in [0.4, 0.5) is 0 Å². The van der Waals surface area contributed by atoms with Crippen molar-refractivity contribution in [2.45, 2.75) is 27.2 Å². The van der Waals surface area contributed by atoms with Crippen molar-refractivity contribution in [1.82, 2.24) is 9.97 Å². The number of imidazole rings is 1. The molecule has 0 aliphatic carbocycles. The molecule has 0 atom stereocenters. The number of H-pyrrole nitrogens is 1. The van der Waals surface area contributed by atoms with E-state index in [1.165, 1.54) is 0 Å². The lowest BCUT2D eigenvalue weighted by Crippen LogP contribution is -1.98. The van der Waals surface area contributed by atoms with Gasteiger partial charge in [-0.2, -0.15) is 0 Å². The van der Waals surface area contributed by atoms with Crippen LogP contribution in [0.3, 0.4) is 0 Å². The monoisotopic (exact) mass is 244 g/mol. The first-order valence-corrected chi connectivity index (χ1v) is 5.96. The summed E-state index contributed by atoms with van der Waals surface area (Å²) in [6, 6.07) is 3.57. The second-order valence-electron chi connectivity index (χ2n) is 4.27. The fourth-order valence-corrected chi connectivity index (χ4v) is 2.09. The molecule has 2 aromatic rings. The van der Waals surface area contributed by atoms with Crippen molar-refractivity contribution in [2.24, 2.45) is 0 Å². The maximum absolute atomic E-state index is 11.2. The van der Waals surface area contributed by atoms with Gasteiger partial charge in [0.1, 0.15) is 11.3 Å². The van der Waals surface area contributed by atoms with E-state index in [4.69, 9.17) is 0 Å². The zero-order valence-electron chi connectivity index (χ0n) is 10.7. The highest BCUT2D eigenvalue weighted by Gasteiger charge is 2.14. The Kier molecular flexibility index (Phi) is 3.19. The number of nitrogens with one attached hydrogen (secondary N) is 1. The molecule has 0 aliphatic rings. The molecular weight excluding hydrogens is 228 g/mol. The van der Waals surface area contributed by atoms with Gasteiger partial charge in [0.25, 0.3) is 0 Å². The van der Waals surface area contributed by atoms with Gasteiger partial charge in [-0.05, 0) is 43.5 Å². The van der Waals surface area contributed by atoms with Crippen molar-refractivity contribution in [3.8, 4) is 0 Å². The van der Waals surface area contributed by atoms with Crippen LogP contribution < -0.4 is 0 Å². The normalized spacial score (nSPS) is 12.1. The van der Waals surface area contributed by atoms with E-state index in [1.807, 2.05) is 32.9 Å². The smallest absolute Gasteiger partial charge is 0.337 e. The first-order valence-electron chi connectivity index (χ1n) is 5.96. The number of aryl methyl sites for hydroxylation is 1. The predicted molar refractivity (Wildman–Crippen MR) is 71.7 cm³/mol. The molecule has 2 rings (SSSR count). The van der Waals surface area contributed by atoms with Gasteiger partial charge in [-0.25, -0.2) is 9.78 Å². The summed E-state index contributed by atoms with van der Waals surface area (Å²) in [5, 5.41) is 9.20. The molecule has 0 spiro atoms. The van der Waals surface area contributed by atoms with Crippen LogP contribution in [-0.4, -0.2) is 21.0 Å². The molecule has 0 amide bonds. The molecule has 1 aromatic carbocycles. The Balaban J connectivity index is 2.71. The topological polar surface area (TPSA) is 66.0 Å². The minimum absolute atomic E-state index is 0.249. The number of aromatic amines is 1. The molecule has 0 unspecified atom stereocenters. The molecule has 1 aromatic heterocycles. The number of carbonyl (C=O) groups is 1. The van der Waals surface area contributed by atoms with Gasteiger partial charge in [-0.3, -0.25) is 0 Å². The van der Waals surface area contributed by atoms with E-state index in [2.05, 4.69) is 9.97 Å². The van der Waals surface area contributed by atoms with Crippen molar-refractivity contribution in [2.75, 3.05) is 0 Å². The standard InChI is InChI=1S/C14H16N2O2/c1-4-9(5-2)13-15-11-7-8(3)6-10(14(17)18)12(11)16-13/h4,6-7H,5H2,1-3H3,(H,15,16)(H,17,18). The molecule has 18 heavy (non-hydrogen) atoms. The number of nitrogens with zero attached hydrogens (tertiary/aromatic N) is 1. The van der Waals surface area contributed by atoms with Crippen LogP contribution in [-0.2, 0) is 0 Å². The molecule has 0 aliphatic heterocycles. The van der Waals surface area contributed by atoms with E-state index >= 15 is 0 Å². The fourth-order valence-electron chi connectivity index (χ4n) is 2.09. The van der Waals surface area contributed by atoms with Crippen LogP contribution in [0.5, 0.6) is 0 Å². The van der Waals surface area contributed by atoms with E-state index < -0.39 is 5.97 Å². The third-order valence-corrected chi connectivity index (χ3v) is 2.99. The first kappa shape index (κ1) is 12.4.